The third-order valence-electron chi connectivity index (χ3n) is 2.72. The van der Waals surface area contributed by atoms with Crippen LogP contribution in [0.25, 0.3) is 0 Å². The fourth-order valence-corrected chi connectivity index (χ4v) is 2.72. The lowest BCUT2D eigenvalue weighted by Gasteiger charge is -2.15. The first kappa shape index (κ1) is 13.4. The van der Waals surface area contributed by atoms with E-state index in [2.05, 4.69) is 15.2 Å². The number of rotatable bonds is 5. The Balaban J connectivity index is 2.14. The van der Waals surface area contributed by atoms with Gasteiger partial charge < -0.3 is 10.9 Å². The molecule has 1 aromatic carbocycles. The summed E-state index contributed by atoms with van der Waals surface area (Å²) in [7, 11) is 1.83. The van der Waals surface area contributed by atoms with Gasteiger partial charge in [-0.2, -0.15) is 5.10 Å². The molecule has 0 bridgehead atoms. The summed E-state index contributed by atoms with van der Waals surface area (Å²) in [6.45, 7) is 0. The molecule has 0 aliphatic heterocycles. The van der Waals surface area contributed by atoms with Gasteiger partial charge in [0.15, 0.2) is 5.16 Å². The number of thioether (sulfide) groups is 1. The number of amidine groups is 1. The number of benzene rings is 1. The molecule has 3 N–H and O–H groups in total. The van der Waals surface area contributed by atoms with Crippen LogP contribution in [0.4, 0.5) is 0 Å². The van der Waals surface area contributed by atoms with Crippen LogP contribution in [0.5, 0.6) is 0 Å². The quantitative estimate of drug-likeness (QED) is 0.284. The third kappa shape index (κ3) is 3.25. The first-order valence-corrected chi connectivity index (χ1v) is 6.70. The highest BCUT2D eigenvalue weighted by Crippen LogP contribution is 2.24. The van der Waals surface area contributed by atoms with Gasteiger partial charge in [-0.3, -0.25) is 0 Å². The monoisotopic (exact) mass is 277 g/mol. The smallest absolute Gasteiger partial charge is 0.185 e. The molecule has 19 heavy (non-hydrogen) atoms. The van der Waals surface area contributed by atoms with Gasteiger partial charge in [0.1, 0.15) is 12.2 Å². The molecule has 2 aromatic rings. The molecule has 6 nitrogen and oxygen atoms in total. The largest absolute Gasteiger partial charge is 0.409 e. The lowest BCUT2D eigenvalue weighted by Crippen LogP contribution is -2.24. The first-order valence-electron chi connectivity index (χ1n) is 5.71. The van der Waals surface area contributed by atoms with Crippen LogP contribution in [0.2, 0.25) is 0 Å². The van der Waals surface area contributed by atoms with Gasteiger partial charge in [0.2, 0.25) is 0 Å². The number of nitrogens with two attached hydrogens (primary N) is 1. The zero-order valence-corrected chi connectivity index (χ0v) is 11.3. The lowest BCUT2D eigenvalue weighted by atomic mass is 10.0. The molecular weight excluding hydrogens is 262 g/mol. The highest BCUT2D eigenvalue weighted by Gasteiger charge is 2.18. The van der Waals surface area contributed by atoms with Crippen molar-refractivity contribution in [2.75, 3.05) is 5.75 Å². The van der Waals surface area contributed by atoms with Crippen LogP contribution in [-0.2, 0) is 7.05 Å². The van der Waals surface area contributed by atoms with Gasteiger partial charge in [0.05, 0.1) is 5.92 Å². The topological polar surface area (TPSA) is 89.3 Å². The van der Waals surface area contributed by atoms with Crippen LogP contribution in [0, 0.1) is 0 Å². The number of oxime groups is 1. The van der Waals surface area contributed by atoms with E-state index < -0.39 is 0 Å². The summed E-state index contributed by atoms with van der Waals surface area (Å²) in [5.41, 5.74) is 6.78. The molecule has 1 aromatic heterocycles. The normalized spacial score (nSPS) is 13.4. The Labute approximate surface area is 115 Å². The molecule has 0 saturated carbocycles. The zero-order chi connectivity index (χ0) is 13.7. The van der Waals surface area contributed by atoms with Crippen LogP contribution in [0.3, 0.4) is 0 Å². The van der Waals surface area contributed by atoms with E-state index in [0.717, 1.165) is 10.7 Å². The van der Waals surface area contributed by atoms with E-state index in [1.807, 2.05) is 37.4 Å². The van der Waals surface area contributed by atoms with Crippen molar-refractivity contribution in [3.8, 4) is 0 Å². The Morgan fingerprint density at radius 1 is 1.47 bits per heavy atom. The van der Waals surface area contributed by atoms with E-state index in [1.54, 1.807) is 4.68 Å². The Kier molecular flexibility index (Phi) is 4.40. The molecule has 100 valence electrons. The summed E-state index contributed by atoms with van der Waals surface area (Å²) >= 11 is 1.52. The van der Waals surface area contributed by atoms with E-state index >= 15 is 0 Å². The molecule has 7 heteroatoms. The summed E-state index contributed by atoms with van der Waals surface area (Å²) in [6.07, 6.45) is 1.50. The molecule has 2 rings (SSSR count). The van der Waals surface area contributed by atoms with E-state index in [1.165, 1.54) is 18.1 Å². The molecule has 0 radical (unpaired) electrons. The first-order chi connectivity index (χ1) is 9.22. The van der Waals surface area contributed by atoms with Crippen molar-refractivity contribution < 1.29 is 5.21 Å². The molecule has 1 heterocycles. The van der Waals surface area contributed by atoms with Crippen molar-refractivity contribution in [2.45, 2.75) is 11.1 Å². The second-order valence-electron chi connectivity index (χ2n) is 3.97. The molecular formula is C12H15N5OS. The van der Waals surface area contributed by atoms with E-state index in [9.17, 15) is 0 Å². The number of nitrogens with zero attached hydrogens (tertiary/aromatic N) is 4. The molecule has 0 saturated heterocycles. The highest BCUT2D eigenvalue weighted by atomic mass is 32.2. The van der Waals surface area contributed by atoms with Crippen molar-refractivity contribution in [3.05, 3.63) is 42.2 Å². The number of aromatic nitrogens is 3. The van der Waals surface area contributed by atoms with Crippen molar-refractivity contribution in [1.29, 1.82) is 0 Å². The van der Waals surface area contributed by atoms with E-state index in [4.69, 9.17) is 10.9 Å². The maximum Gasteiger partial charge on any atom is 0.185 e. The standard InChI is InChI=1S/C12H15N5OS/c1-17-12(14-8-15-17)19-7-10(11(13)16-18)9-5-3-2-4-6-9/h2-6,8,10,18H,7H2,1H3,(H2,13,16). The maximum atomic E-state index is 8.90. The fourth-order valence-electron chi connectivity index (χ4n) is 1.68. The van der Waals surface area contributed by atoms with Crippen molar-refractivity contribution in [2.24, 2.45) is 17.9 Å². The van der Waals surface area contributed by atoms with Crippen LogP contribution < -0.4 is 5.73 Å². The van der Waals surface area contributed by atoms with E-state index in [0.29, 0.717) is 5.75 Å². The number of hydrogen-bond donors (Lipinski definition) is 2. The van der Waals surface area contributed by atoms with Gasteiger partial charge in [-0.05, 0) is 5.56 Å². The molecule has 0 aliphatic rings. The lowest BCUT2D eigenvalue weighted by molar-refractivity contribution is 0.316. The Hall–Kier alpha value is -2.02. The maximum absolute atomic E-state index is 8.90. The molecule has 0 aliphatic carbocycles. The SMILES string of the molecule is Cn1ncnc1SCC(/C(N)=N/O)c1ccccc1. The molecule has 0 fully saturated rings. The van der Waals surface area contributed by atoms with Gasteiger partial charge in [-0.25, -0.2) is 9.67 Å². The van der Waals surface area contributed by atoms with Gasteiger partial charge in [0.25, 0.3) is 0 Å². The Morgan fingerprint density at radius 3 is 2.79 bits per heavy atom. The molecule has 1 unspecified atom stereocenters. The van der Waals surface area contributed by atoms with Crippen LogP contribution in [0.15, 0.2) is 47.0 Å². The second-order valence-corrected chi connectivity index (χ2v) is 4.95. The third-order valence-corrected chi connectivity index (χ3v) is 3.85. The second kappa shape index (κ2) is 6.24. The van der Waals surface area contributed by atoms with Crippen molar-refractivity contribution in [3.63, 3.8) is 0 Å². The number of aryl methyl sites for hydroxylation is 1. The number of hydrogen-bond acceptors (Lipinski definition) is 5. The van der Waals surface area contributed by atoms with Crippen LogP contribution in [0.1, 0.15) is 11.5 Å². The molecule has 1 atom stereocenters. The Bertz CT molecular complexity index is 554. The average molecular weight is 277 g/mol. The predicted molar refractivity (Wildman–Crippen MR) is 74.3 cm³/mol. The molecule has 0 amide bonds. The molecule has 0 spiro atoms. The van der Waals surface area contributed by atoms with Crippen molar-refractivity contribution >= 4 is 17.6 Å². The average Bonchev–Trinajstić information content (AvgIpc) is 2.85. The van der Waals surface area contributed by atoms with Gasteiger partial charge >= 0.3 is 0 Å². The van der Waals surface area contributed by atoms with Gasteiger partial charge in [0, 0.05) is 12.8 Å². The fraction of sp³-hybridized carbons (Fsp3) is 0.250. The van der Waals surface area contributed by atoms with Crippen molar-refractivity contribution in [1.82, 2.24) is 14.8 Å². The Morgan fingerprint density at radius 2 is 2.21 bits per heavy atom. The highest BCUT2D eigenvalue weighted by molar-refractivity contribution is 7.99. The minimum absolute atomic E-state index is 0.159. The summed E-state index contributed by atoms with van der Waals surface area (Å²) in [4.78, 5) is 4.14. The zero-order valence-electron chi connectivity index (χ0n) is 10.5. The minimum atomic E-state index is -0.159. The summed E-state index contributed by atoms with van der Waals surface area (Å²) in [6, 6.07) is 9.71. The summed E-state index contributed by atoms with van der Waals surface area (Å²) in [5.74, 6) is 0.667. The summed E-state index contributed by atoms with van der Waals surface area (Å²) < 4.78 is 1.69. The van der Waals surface area contributed by atoms with Gasteiger partial charge in [-0.1, -0.05) is 47.2 Å². The van der Waals surface area contributed by atoms with Crippen LogP contribution in [-0.4, -0.2) is 31.6 Å². The minimum Gasteiger partial charge on any atom is -0.409 e. The summed E-state index contributed by atoms with van der Waals surface area (Å²) in [5, 5.41) is 16.8. The predicted octanol–water partition coefficient (Wildman–Crippen LogP) is 1.44. The van der Waals surface area contributed by atoms with Gasteiger partial charge in [-0.15, -0.1) is 0 Å². The van der Waals surface area contributed by atoms with Crippen LogP contribution >= 0.6 is 11.8 Å². The van der Waals surface area contributed by atoms with E-state index in [-0.39, 0.29) is 11.8 Å².